The number of carbonyl (C=O) groups is 2. The third-order valence-electron chi connectivity index (χ3n) is 5.57. The molecule has 1 aliphatic rings. The summed E-state index contributed by atoms with van der Waals surface area (Å²) in [5.74, 6) is -1.08. The number of rotatable bonds is 5. The van der Waals surface area contributed by atoms with Crippen LogP contribution in [0.15, 0.2) is 0 Å². The highest BCUT2D eigenvalue weighted by atomic mass is 35.5. The summed E-state index contributed by atoms with van der Waals surface area (Å²) in [5, 5.41) is 17.8. The van der Waals surface area contributed by atoms with E-state index in [-0.39, 0.29) is 17.0 Å². The molecule has 0 aromatic carbocycles. The van der Waals surface area contributed by atoms with Gasteiger partial charge < -0.3 is 21.2 Å². The molecule has 2 aromatic rings. The van der Waals surface area contributed by atoms with Gasteiger partial charge in [0.15, 0.2) is 5.02 Å². The van der Waals surface area contributed by atoms with Gasteiger partial charge in [-0.25, -0.2) is 0 Å². The Kier molecular flexibility index (Phi) is 5.92. The molecular formula is C19H24ClN5O4S. The van der Waals surface area contributed by atoms with Gasteiger partial charge in [0.1, 0.15) is 11.5 Å². The predicted molar refractivity (Wildman–Crippen MR) is 115 cm³/mol. The average molecular weight is 454 g/mol. The number of thiophene rings is 1. The first-order valence-corrected chi connectivity index (χ1v) is 10.7. The van der Waals surface area contributed by atoms with Gasteiger partial charge in [-0.3, -0.25) is 9.59 Å². The number of amides is 2. The fraction of sp³-hybridized carbons (Fsp3) is 0.526. The molecule has 162 valence electrons. The van der Waals surface area contributed by atoms with Crippen molar-refractivity contribution >= 4 is 45.6 Å². The first-order chi connectivity index (χ1) is 13.9. The van der Waals surface area contributed by atoms with Crippen molar-refractivity contribution in [2.45, 2.75) is 53.5 Å². The maximum atomic E-state index is 12.6. The maximum Gasteiger partial charge on any atom is 0.408 e. The highest BCUT2D eigenvalue weighted by molar-refractivity contribution is 7.17. The van der Waals surface area contributed by atoms with Crippen molar-refractivity contribution in [3.63, 3.8) is 0 Å². The SMILES string of the molecule is Cc1c(Cl)c([N+](=O)[O-])nn1CC(=O)Nc1sc2c(c1C(N)=O)CC[C@@H](C(C)(C)C)C2. The van der Waals surface area contributed by atoms with Crippen LogP contribution in [-0.2, 0) is 24.2 Å². The van der Waals surface area contributed by atoms with Gasteiger partial charge in [-0.15, -0.1) is 11.3 Å². The predicted octanol–water partition coefficient (Wildman–Crippen LogP) is 3.70. The second-order valence-electron chi connectivity index (χ2n) is 8.56. The number of nitrogens with one attached hydrogen (secondary N) is 1. The van der Waals surface area contributed by atoms with Gasteiger partial charge in [0.2, 0.25) is 5.91 Å². The number of nitrogens with zero attached hydrogens (tertiary/aromatic N) is 3. The van der Waals surface area contributed by atoms with Crippen LogP contribution >= 0.6 is 22.9 Å². The van der Waals surface area contributed by atoms with E-state index in [2.05, 4.69) is 31.2 Å². The normalized spacial score (nSPS) is 16.2. The summed E-state index contributed by atoms with van der Waals surface area (Å²) in [6, 6.07) is 0. The number of nitro groups is 1. The Morgan fingerprint density at radius 3 is 2.63 bits per heavy atom. The molecule has 1 atom stereocenters. The molecule has 0 radical (unpaired) electrons. The van der Waals surface area contributed by atoms with E-state index in [4.69, 9.17) is 17.3 Å². The molecule has 2 heterocycles. The van der Waals surface area contributed by atoms with E-state index in [1.807, 2.05) is 0 Å². The van der Waals surface area contributed by atoms with Crippen molar-refractivity contribution < 1.29 is 14.5 Å². The first-order valence-electron chi connectivity index (χ1n) is 9.51. The molecule has 1 aliphatic carbocycles. The lowest BCUT2D eigenvalue weighted by Crippen LogP contribution is -2.27. The molecule has 0 saturated carbocycles. The number of nitrogens with two attached hydrogens (primary N) is 1. The van der Waals surface area contributed by atoms with Crippen LogP contribution in [0.5, 0.6) is 0 Å². The fourth-order valence-corrected chi connectivity index (χ4v) is 5.31. The number of anilines is 1. The third-order valence-corrected chi connectivity index (χ3v) is 7.18. The highest BCUT2D eigenvalue weighted by Crippen LogP contribution is 2.44. The summed E-state index contributed by atoms with van der Waals surface area (Å²) in [6.45, 7) is 7.87. The monoisotopic (exact) mass is 453 g/mol. The molecule has 0 aliphatic heterocycles. The number of primary amides is 1. The quantitative estimate of drug-likeness (QED) is 0.525. The van der Waals surface area contributed by atoms with Crippen molar-refractivity contribution in [1.29, 1.82) is 0 Å². The lowest BCUT2D eigenvalue weighted by molar-refractivity contribution is -0.389. The molecule has 2 aromatic heterocycles. The number of hydrogen-bond donors (Lipinski definition) is 2. The number of aromatic nitrogens is 2. The molecule has 0 fully saturated rings. The van der Waals surface area contributed by atoms with E-state index in [9.17, 15) is 19.7 Å². The number of halogens is 1. The zero-order valence-electron chi connectivity index (χ0n) is 17.2. The van der Waals surface area contributed by atoms with Crippen molar-refractivity contribution in [2.75, 3.05) is 5.32 Å². The Bertz CT molecular complexity index is 1040. The topological polar surface area (TPSA) is 133 Å². The maximum absolute atomic E-state index is 12.6. The molecule has 0 bridgehead atoms. The van der Waals surface area contributed by atoms with E-state index in [1.165, 1.54) is 16.0 Å². The molecule has 11 heteroatoms. The Hall–Kier alpha value is -2.46. The van der Waals surface area contributed by atoms with Crippen molar-refractivity contribution in [1.82, 2.24) is 9.78 Å². The van der Waals surface area contributed by atoms with Crippen LogP contribution in [0.4, 0.5) is 10.8 Å². The largest absolute Gasteiger partial charge is 0.408 e. The van der Waals surface area contributed by atoms with Gasteiger partial charge in [0, 0.05) is 4.88 Å². The Balaban J connectivity index is 1.84. The molecule has 30 heavy (non-hydrogen) atoms. The van der Waals surface area contributed by atoms with E-state index < -0.39 is 22.6 Å². The van der Waals surface area contributed by atoms with Gasteiger partial charge in [0.25, 0.3) is 5.91 Å². The number of hydrogen-bond acceptors (Lipinski definition) is 6. The van der Waals surface area contributed by atoms with E-state index in [0.717, 1.165) is 29.7 Å². The zero-order valence-corrected chi connectivity index (χ0v) is 18.8. The van der Waals surface area contributed by atoms with Gasteiger partial charge in [-0.05, 0) is 48.0 Å². The molecular weight excluding hydrogens is 430 g/mol. The van der Waals surface area contributed by atoms with Crippen molar-refractivity contribution in [2.24, 2.45) is 17.1 Å². The van der Waals surface area contributed by atoms with Crippen LogP contribution < -0.4 is 11.1 Å². The van der Waals surface area contributed by atoms with Gasteiger partial charge in [-0.2, -0.15) is 4.68 Å². The van der Waals surface area contributed by atoms with Gasteiger partial charge >= 0.3 is 5.82 Å². The molecule has 0 saturated heterocycles. The molecule has 9 nitrogen and oxygen atoms in total. The minimum atomic E-state index is -0.701. The van der Waals surface area contributed by atoms with E-state index >= 15 is 0 Å². The summed E-state index contributed by atoms with van der Waals surface area (Å²) in [5.41, 5.74) is 7.35. The third kappa shape index (κ3) is 4.20. The molecule has 3 N–H and O–H groups in total. The van der Waals surface area contributed by atoms with Crippen molar-refractivity contribution in [3.8, 4) is 0 Å². The second kappa shape index (κ2) is 7.99. The summed E-state index contributed by atoms with van der Waals surface area (Å²) >= 11 is 7.29. The fourth-order valence-electron chi connectivity index (χ4n) is 3.75. The summed E-state index contributed by atoms with van der Waals surface area (Å²) in [4.78, 5) is 36.1. The van der Waals surface area contributed by atoms with Crippen LogP contribution in [-0.4, -0.2) is 26.5 Å². The van der Waals surface area contributed by atoms with Gasteiger partial charge in [0.05, 0.1) is 16.4 Å². The van der Waals surface area contributed by atoms with Crippen LogP contribution in [0, 0.1) is 28.4 Å². The molecule has 0 spiro atoms. The van der Waals surface area contributed by atoms with Crippen molar-refractivity contribution in [3.05, 3.63) is 36.8 Å². The number of carbonyl (C=O) groups excluding carboxylic acids is 2. The first kappa shape index (κ1) is 22.2. The highest BCUT2D eigenvalue weighted by Gasteiger charge is 2.34. The molecule has 2 amide bonds. The molecule has 3 rings (SSSR count). The van der Waals surface area contributed by atoms with Crippen LogP contribution in [0.3, 0.4) is 0 Å². The van der Waals surface area contributed by atoms with Crippen LogP contribution in [0.25, 0.3) is 0 Å². The average Bonchev–Trinajstić information content (AvgIpc) is 3.12. The second-order valence-corrected chi connectivity index (χ2v) is 10.0. The molecule has 0 unspecified atom stereocenters. The summed E-state index contributed by atoms with van der Waals surface area (Å²) in [7, 11) is 0. The standard InChI is InChI=1S/C19H24ClN5O4S/c1-9-15(20)17(25(28)29)23-24(9)8-13(26)22-18-14(16(21)27)11-6-5-10(19(2,3)4)7-12(11)30-18/h10H,5-8H2,1-4H3,(H2,21,27)(H,22,26)/t10-/m1/s1. The Labute approximate surface area is 182 Å². The minimum Gasteiger partial charge on any atom is -0.365 e. The smallest absolute Gasteiger partial charge is 0.365 e. The van der Waals surface area contributed by atoms with Crippen LogP contribution in [0.1, 0.15) is 53.7 Å². The number of fused-ring (bicyclic) bond motifs is 1. The minimum absolute atomic E-state index is 0.106. The van der Waals surface area contributed by atoms with E-state index in [0.29, 0.717) is 22.2 Å². The Morgan fingerprint density at radius 2 is 2.10 bits per heavy atom. The Morgan fingerprint density at radius 1 is 1.43 bits per heavy atom. The lowest BCUT2D eigenvalue weighted by Gasteiger charge is -2.33. The van der Waals surface area contributed by atoms with E-state index in [1.54, 1.807) is 6.92 Å². The summed E-state index contributed by atoms with van der Waals surface area (Å²) in [6.07, 6.45) is 2.53. The van der Waals surface area contributed by atoms with Crippen LogP contribution in [0.2, 0.25) is 5.02 Å². The zero-order chi connectivity index (χ0) is 22.4. The van der Waals surface area contributed by atoms with Gasteiger partial charge in [-0.1, -0.05) is 32.4 Å². The summed E-state index contributed by atoms with van der Waals surface area (Å²) < 4.78 is 1.17. The lowest BCUT2D eigenvalue weighted by atomic mass is 9.72.